The molecule has 40 heavy (non-hydrogen) atoms. The molecule has 4 N–H and O–H groups in total. The largest absolute Gasteiger partial charge is 0.496 e. The number of esters is 1. The molecule has 0 aliphatic carbocycles. The van der Waals surface area contributed by atoms with E-state index in [0.29, 0.717) is 49.9 Å². The Bertz CT molecular complexity index is 1290. The molecule has 1 aliphatic heterocycles. The number of methoxy groups -OCH3 is 1. The van der Waals surface area contributed by atoms with E-state index in [1.807, 2.05) is 0 Å². The summed E-state index contributed by atoms with van der Waals surface area (Å²) in [6.45, 7) is 0.110. The van der Waals surface area contributed by atoms with Gasteiger partial charge in [0.25, 0.3) is 5.91 Å². The summed E-state index contributed by atoms with van der Waals surface area (Å²) in [5, 5.41) is 8.12. The number of amides is 3. The highest BCUT2D eigenvalue weighted by atomic mass is 19.4. The second-order valence-corrected chi connectivity index (χ2v) is 9.94. The van der Waals surface area contributed by atoms with Crippen LogP contribution in [0.25, 0.3) is 10.9 Å². The van der Waals surface area contributed by atoms with Crippen LogP contribution in [0.1, 0.15) is 43.6 Å². The normalized spacial score (nSPS) is 16.6. The minimum absolute atomic E-state index is 0.151. The number of carbonyl (C=O) groups is 5. The Morgan fingerprint density at radius 3 is 2.55 bits per heavy atom. The lowest BCUT2D eigenvalue weighted by atomic mass is 9.90. The van der Waals surface area contributed by atoms with Crippen LogP contribution in [0.4, 0.5) is 13.2 Å². The van der Waals surface area contributed by atoms with E-state index in [0.717, 1.165) is 0 Å². The zero-order chi connectivity index (χ0) is 29.7. The summed E-state index contributed by atoms with van der Waals surface area (Å²) in [7, 11) is 1.48. The number of halogens is 3. The molecule has 14 heteroatoms. The van der Waals surface area contributed by atoms with Crippen LogP contribution in [0.15, 0.2) is 24.3 Å². The number of alkyl halides is 3. The molecule has 0 bridgehead atoms. The Labute approximate surface area is 227 Å². The monoisotopic (exact) mass is 568 g/mol. The lowest BCUT2D eigenvalue weighted by Gasteiger charge is -2.27. The Hall–Kier alpha value is -4.10. The molecular formula is C26H31F3N4O7. The van der Waals surface area contributed by atoms with Crippen LogP contribution in [0.2, 0.25) is 0 Å². The molecular weight excluding hydrogens is 537 g/mol. The number of ether oxygens (including phenoxy) is 2. The first-order valence-corrected chi connectivity index (χ1v) is 12.5. The van der Waals surface area contributed by atoms with Gasteiger partial charge in [-0.3, -0.25) is 24.0 Å². The van der Waals surface area contributed by atoms with Gasteiger partial charge in [0.2, 0.25) is 11.8 Å². The first-order valence-electron chi connectivity index (χ1n) is 12.5. The molecule has 1 aromatic carbocycles. The van der Waals surface area contributed by atoms with Crippen molar-refractivity contribution in [2.24, 2.45) is 11.3 Å². The van der Waals surface area contributed by atoms with Crippen LogP contribution in [0.5, 0.6) is 5.75 Å². The van der Waals surface area contributed by atoms with Gasteiger partial charge in [-0.1, -0.05) is 6.07 Å². The van der Waals surface area contributed by atoms with Crippen molar-refractivity contribution in [3.05, 3.63) is 30.0 Å². The van der Waals surface area contributed by atoms with Gasteiger partial charge in [0.1, 0.15) is 11.4 Å². The smallest absolute Gasteiger partial charge is 0.404 e. The quantitative estimate of drug-likeness (QED) is 0.302. The lowest BCUT2D eigenvalue weighted by Crippen LogP contribution is -2.50. The number of aromatic nitrogens is 1. The zero-order valence-corrected chi connectivity index (χ0v) is 22.2. The topological polar surface area (TPSA) is 156 Å². The number of nitrogens with one attached hydrogen (secondary N) is 4. The average molecular weight is 569 g/mol. The Morgan fingerprint density at radius 2 is 1.90 bits per heavy atom. The molecule has 0 spiro atoms. The SMILES string of the molecule is COc1cccc2[nH]c(C(=O)NCC(=O)N[C@@H](C[C@@H]3CCCNC3=O)C(=O)COC(=O)C(C)(C)C(F)(F)F)cc12. The molecule has 3 amide bonds. The first-order chi connectivity index (χ1) is 18.7. The summed E-state index contributed by atoms with van der Waals surface area (Å²) in [6.07, 6.45) is -4.01. The maximum Gasteiger partial charge on any atom is 0.404 e. The molecule has 1 aliphatic rings. The van der Waals surface area contributed by atoms with E-state index in [1.54, 1.807) is 24.3 Å². The number of aromatic amines is 1. The molecule has 2 heterocycles. The third-order valence-electron chi connectivity index (χ3n) is 6.71. The van der Waals surface area contributed by atoms with E-state index in [4.69, 9.17) is 4.74 Å². The number of hydrogen-bond acceptors (Lipinski definition) is 7. The highest BCUT2D eigenvalue weighted by molar-refractivity contribution is 6.01. The molecule has 0 radical (unpaired) electrons. The fourth-order valence-corrected chi connectivity index (χ4v) is 4.08. The van der Waals surface area contributed by atoms with E-state index in [1.165, 1.54) is 7.11 Å². The molecule has 1 fully saturated rings. The van der Waals surface area contributed by atoms with Gasteiger partial charge in [-0.05, 0) is 51.3 Å². The molecule has 11 nitrogen and oxygen atoms in total. The third kappa shape index (κ3) is 7.10. The van der Waals surface area contributed by atoms with Crippen molar-refractivity contribution in [1.29, 1.82) is 0 Å². The number of benzene rings is 1. The zero-order valence-electron chi connectivity index (χ0n) is 22.2. The Kier molecular flexibility index (Phi) is 9.43. The van der Waals surface area contributed by atoms with Crippen molar-refractivity contribution in [1.82, 2.24) is 20.9 Å². The van der Waals surface area contributed by atoms with Crippen LogP contribution >= 0.6 is 0 Å². The number of carbonyl (C=O) groups excluding carboxylic acids is 5. The van der Waals surface area contributed by atoms with Gasteiger partial charge in [0, 0.05) is 23.4 Å². The van der Waals surface area contributed by atoms with Gasteiger partial charge in [-0.2, -0.15) is 13.2 Å². The first kappa shape index (κ1) is 30.4. The van der Waals surface area contributed by atoms with Gasteiger partial charge < -0.3 is 30.4 Å². The maximum absolute atomic E-state index is 13.1. The second-order valence-electron chi connectivity index (χ2n) is 9.94. The molecule has 1 saturated heterocycles. The predicted molar refractivity (Wildman–Crippen MR) is 135 cm³/mol. The van der Waals surface area contributed by atoms with E-state index < -0.39 is 60.3 Å². The number of fused-ring (bicyclic) bond motifs is 1. The number of H-pyrrole nitrogens is 1. The fraction of sp³-hybridized carbons (Fsp3) is 0.500. The molecule has 0 saturated carbocycles. The summed E-state index contributed by atoms with van der Waals surface area (Å²) in [6, 6.07) is 5.39. The van der Waals surface area contributed by atoms with E-state index >= 15 is 0 Å². The number of rotatable bonds is 11. The van der Waals surface area contributed by atoms with Gasteiger partial charge in [0.15, 0.2) is 17.8 Å². The summed E-state index contributed by atoms with van der Waals surface area (Å²) < 4.78 is 49.3. The van der Waals surface area contributed by atoms with E-state index in [9.17, 15) is 37.1 Å². The van der Waals surface area contributed by atoms with Crippen molar-refractivity contribution in [2.75, 3.05) is 26.8 Å². The van der Waals surface area contributed by atoms with Gasteiger partial charge in [0.05, 0.1) is 19.7 Å². The summed E-state index contributed by atoms with van der Waals surface area (Å²) >= 11 is 0. The summed E-state index contributed by atoms with van der Waals surface area (Å²) in [5.41, 5.74) is -2.07. The summed E-state index contributed by atoms with van der Waals surface area (Å²) in [5.74, 6) is -4.41. The fourth-order valence-electron chi connectivity index (χ4n) is 4.08. The van der Waals surface area contributed by atoms with Crippen LogP contribution < -0.4 is 20.7 Å². The van der Waals surface area contributed by atoms with Crippen molar-refractivity contribution in [3.63, 3.8) is 0 Å². The number of piperidine rings is 1. The second kappa shape index (κ2) is 12.4. The van der Waals surface area contributed by atoms with Crippen molar-refractivity contribution in [3.8, 4) is 5.75 Å². The predicted octanol–water partition coefficient (Wildman–Crippen LogP) is 2.01. The highest BCUT2D eigenvalue weighted by Gasteiger charge is 2.54. The molecule has 0 unspecified atom stereocenters. The molecule has 3 rings (SSSR count). The van der Waals surface area contributed by atoms with Gasteiger partial charge in [-0.15, -0.1) is 0 Å². The minimum Gasteiger partial charge on any atom is -0.496 e. The number of ketones is 1. The third-order valence-corrected chi connectivity index (χ3v) is 6.71. The standard InChI is InChI=1S/C26H31F3N4O7/c1-25(2,26(27,28)29)24(38)40-13-19(34)17(10-14-6-5-9-30-22(14)36)33-21(35)12-31-23(37)18-11-15-16(32-18)7-4-8-20(15)39-3/h4,7-8,11,14,17,32H,5-6,9-10,12-13H2,1-3H3,(H,30,36)(H,31,37)(H,33,35)/t14-,17-/m0/s1. The molecule has 218 valence electrons. The molecule has 2 aromatic rings. The van der Waals surface area contributed by atoms with E-state index in [2.05, 4.69) is 25.7 Å². The molecule has 2 atom stereocenters. The summed E-state index contributed by atoms with van der Waals surface area (Å²) in [4.78, 5) is 65.3. The number of Topliss-reactive ketones (excluding diaryl/α,β-unsaturated/α-hetero) is 1. The van der Waals surface area contributed by atoms with Crippen LogP contribution in [-0.2, 0) is 23.9 Å². The number of hydrogen-bond donors (Lipinski definition) is 4. The van der Waals surface area contributed by atoms with Crippen molar-refractivity contribution in [2.45, 2.75) is 45.3 Å². The average Bonchev–Trinajstić information content (AvgIpc) is 3.35. The lowest BCUT2D eigenvalue weighted by molar-refractivity contribution is -0.224. The van der Waals surface area contributed by atoms with Gasteiger partial charge in [-0.25, -0.2) is 0 Å². The molecule has 1 aromatic heterocycles. The van der Waals surface area contributed by atoms with E-state index in [-0.39, 0.29) is 18.0 Å². The highest BCUT2D eigenvalue weighted by Crippen LogP contribution is 2.38. The minimum atomic E-state index is -4.91. The van der Waals surface area contributed by atoms with Crippen LogP contribution in [0.3, 0.4) is 0 Å². The Balaban J connectivity index is 1.65. The van der Waals surface area contributed by atoms with Crippen LogP contribution in [0, 0.1) is 11.3 Å². The van der Waals surface area contributed by atoms with Crippen molar-refractivity contribution >= 4 is 40.4 Å². The van der Waals surface area contributed by atoms with Gasteiger partial charge >= 0.3 is 12.1 Å². The van der Waals surface area contributed by atoms with Crippen LogP contribution in [-0.4, -0.2) is 73.5 Å². The maximum atomic E-state index is 13.1. The van der Waals surface area contributed by atoms with Crippen molar-refractivity contribution < 1.29 is 46.6 Å². The Morgan fingerprint density at radius 1 is 1.18 bits per heavy atom.